The van der Waals surface area contributed by atoms with Gasteiger partial charge in [-0.05, 0) is 35.9 Å². The van der Waals surface area contributed by atoms with Gasteiger partial charge in [0.25, 0.3) is 0 Å². The first kappa shape index (κ1) is 15.6. The lowest BCUT2D eigenvalue weighted by Gasteiger charge is -2.08. The average molecular weight is 351 g/mol. The number of hydrogen-bond donors (Lipinski definition) is 1. The molecule has 0 spiro atoms. The summed E-state index contributed by atoms with van der Waals surface area (Å²) in [5.74, 6) is 0. The van der Waals surface area contributed by atoms with Crippen LogP contribution in [-0.4, -0.2) is 8.42 Å². The molecule has 0 radical (unpaired) electrons. The molecule has 2 rings (SSSR count). The Hall–Kier alpha value is -0.780. The van der Waals surface area contributed by atoms with Crippen molar-refractivity contribution < 1.29 is 8.42 Å². The lowest BCUT2D eigenvalue weighted by Crippen LogP contribution is -2.23. The van der Waals surface area contributed by atoms with Crippen molar-refractivity contribution in [3.63, 3.8) is 0 Å². The zero-order valence-electron chi connectivity index (χ0n) is 10.1. The van der Waals surface area contributed by atoms with Crippen LogP contribution in [0.2, 0.25) is 15.1 Å². The summed E-state index contributed by atoms with van der Waals surface area (Å²) < 4.78 is 26.7. The van der Waals surface area contributed by atoms with E-state index in [0.717, 1.165) is 0 Å². The SMILES string of the molecule is O=S(=O)(NCc1ccc(Cl)cc1Cl)c1cccc(Cl)c1. The zero-order valence-corrected chi connectivity index (χ0v) is 13.2. The predicted octanol–water partition coefficient (Wildman–Crippen LogP) is 4.13. The third kappa shape index (κ3) is 3.87. The van der Waals surface area contributed by atoms with Crippen molar-refractivity contribution in [1.82, 2.24) is 4.72 Å². The molecule has 106 valence electrons. The number of rotatable bonds is 4. The van der Waals surface area contributed by atoms with Crippen molar-refractivity contribution >= 4 is 44.8 Å². The normalized spacial score (nSPS) is 11.6. The van der Waals surface area contributed by atoms with Gasteiger partial charge in [0.1, 0.15) is 0 Å². The molecule has 0 bridgehead atoms. The minimum absolute atomic E-state index is 0.0743. The molecule has 1 N–H and O–H groups in total. The fourth-order valence-corrected chi connectivity index (χ4v) is 3.34. The van der Waals surface area contributed by atoms with Crippen LogP contribution in [0.25, 0.3) is 0 Å². The third-order valence-corrected chi connectivity index (χ3v) is 4.80. The molecule has 0 atom stereocenters. The minimum atomic E-state index is -3.63. The molecule has 0 saturated carbocycles. The highest BCUT2D eigenvalue weighted by Gasteiger charge is 2.14. The van der Waals surface area contributed by atoms with Crippen molar-refractivity contribution in [2.75, 3.05) is 0 Å². The van der Waals surface area contributed by atoms with Crippen molar-refractivity contribution in [3.05, 3.63) is 63.1 Å². The highest BCUT2D eigenvalue weighted by molar-refractivity contribution is 7.89. The molecule has 0 saturated heterocycles. The molecule has 0 fully saturated rings. The maximum absolute atomic E-state index is 12.1. The molecule has 0 aliphatic carbocycles. The number of hydrogen-bond acceptors (Lipinski definition) is 2. The van der Waals surface area contributed by atoms with Crippen LogP contribution in [0.15, 0.2) is 47.4 Å². The molecular formula is C13H10Cl3NO2S. The molecule has 0 heterocycles. The second kappa shape index (κ2) is 6.33. The van der Waals surface area contributed by atoms with E-state index < -0.39 is 10.0 Å². The Morgan fingerprint density at radius 2 is 1.65 bits per heavy atom. The Balaban J connectivity index is 2.17. The number of benzene rings is 2. The van der Waals surface area contributed by atoms with Crippen LogP contribution < -0.4 is 4.72 Å². The van der Waals surface area contributed by atoms with Crippen molar-refractivity contribution in [2.45, 2.75) is 11.4 Å². The van der Waals surface area contributed by atoms with Crippen molar-refractivity contribution in [1.29, 1.82) is 0 Å². The van der Waals surface area contributed by atoms with E-state index in [-0.39, 0.29) is 11.4 Å². The Kier molecular flexibility index (Phi) is 4.94. The molecule has 3 nitrogen and oxygen atoms in total. The topological polar surface area (TPSA) is 46.2 Å². The van der Waals surface area contributed by atoms with Gasteiger partial charge in [-0.2, -0.15) is 0 Å². The standard InChI is InChI=1S/C13H10Cl3NO2S/c14-10-2-1-3-12(6-10)20(18,19)17-8-9-4-5-11(15)7-13(9)16/h1-7,17H,8H2. The zero-order chi connectivity index (χ0) is 14.8. The fourth-order valence-electron chi connectivity index (χ4n) is 1.56. The molecule has 0 aromatic heterocycles. The average Bonchev–Trinajstić information content (AvgIpc) is 2.37. The summed E-state index contributed by atoms with van der Waals surface area (Å²) in [7, 11) is -3.63. The largest absolute Gasteiger partial charge is 0.240 e. The summed E-state index contributed by atoms with van der Waals surface area (Å²) in [4.78, 5) is 0.107. The summed E-state index contributed by atoms with van der Waals surface area (Å²) in [5.41, 5.74) is 0.640. The Labute approximate surface area is 132 Å². The van der Waals surface area contributed by atoms with Crippen LogP contribution in [0.3, 0.4) is 0 Å². The Bertz CT molecular complexity index is 732. The summed E-state index contributed by atoms with van der Waals surface area (Å²) in [6.07, 6.45) is 0. The van der Waals surface area contributed by atoms with E-state index in [1.54, 1.807) is 30.3 Å². The van der Waals surface area contributed by atoms with Crippen molar-refractivity contribution in [3.8, 4) is 0 Å². The molecule has 2 aromatic rings. The molecular weight excluding hydrogens is 341 g/mol. The highest BCUT2D eigenvalue weighted by atomic mass is 35.5. The first-order chi connectivity index (χ1) is 9.38. The van der Waals surface area contributed by atoms with Gasteiger partial charge in [-0.15, -0.1) is 0 Å². The summed E-state index contributed by atoms with van der Waals surface area (Å²) in [6, 6.07) is 10.9. The minimum Gasteiger partial charge on any atom is -0.207 e. The van der Waals surface area contributed by atoms with Crippen LogP contribution >= 0.6 is 34.8 Å². The van der Waals surface area contributed by atoms with Gasteiger partial charge in [0, 0.05) is 21.6 Å². The molecule has 0 aliphatic heterocycles. The first-order valence-corrected chi connectivity index (χ1v) is 8.19. The predicted molar refractivity (Wildman–Crippen MR) is 81.9 cm³/mol. The third-order valence-electron chi connectivity index (χ3n) is 2.57. The van der Waals surface area contributed by atoms with Crippen LogP contribution in [0.5, 0.6) is 0 Å². The highest BCUT2D eigenvalue weighted by Crippen LogP contribution is 2.21. The van der Waals surface area contributed by atoms with E-state index in [0.29, 0.717) is 20.6 Å². The van der Waals surface area contributed by atoms with Crippen molar-refractivity contribution in [2.24, 2.45) is 0 Å². The van der Waals surface area contributed by atoms with Crippen LogP contribution in [-0.2, 0) is 16.6 Å². The van der Waals surface area contributed by atoms with E-state index in [2.05, 4.69) is 4.72 Å². The summed E-state index contributed by atoms with van der Waals surface area (Å²) in [5, 5.41) is 1.26. The van der Waals surface area contributed by atoms with E-state index in [1.165, 1.54) is 12.1 Å². The van der Waals surface area contributed by atoms with Gasteiger partial charge in [0.05, 0.1) is 4.90 Å². The van der Waals surface area contributed by atoms with Crippen LogP contribution in [0.1, 0.15) is 5.56 Å². The lowest BCUT2D eigenvalue weighted by molar-refractivity contribution is 0.581. The molecule has 0 unspecified atom stereocenters. The van der Waals surface area contributed by atoms with Gasteiger partial charge < -0.3 is 0 Å². The monoisotopic (exact) mass is 349 g/mol. The van der Waals surface area contributed by atoms with Gasteiger partial charge in [-0.1, -0.05) is 46.9 Å². The Morgan fingerprint density at radius 1 is 0.950 bits per heavy atom. The fraction of sp³-hybridized carbons (Fsp3) is 0.0769. The second-order valence-electron chi connectivity index (χ2n) is 4.02. The second-order valence-corrected chi connectivity index (χ2v) is 7.06. The maximum Gasteiger partial charge on any atom is 0.240 e. The summed E-state index contributed by atoms with van der Waals surface area (Å²) >= 11 is 17.6. The Morgan fingerprint density at radius 3 is 2.30 bits per heavy atom. The lowest BCUT2D eigenvalue weighted by atomic mass is 10.2. The number of nitrogens with one attached hydrogen (secondary N) is 1. The van der Waals surface area contributed by atoms with E-state index in [9.17, 15) is 8.42 Å². The smallest absolute Gasteiger partial charge is 0.207 e. The van der Waals surface area contributed by atoms with Gasteiger partial charge in [-0.25, -0.2) is 13.1 Å². The van der Waals surface area contributed by atoms with Gasteiger partial charge in [0.2, 0.25) is 10.0 Å². The summed E-state index contributed by atoms with van der Waals surface area (Å²) in [6.45, 7) is 0.0743. The molecule has 20 heavy (non-hydrogen) atoms. The molecule has 7 heteroatoms. The van der Waals surface area contributed by atoms with Crippen LogP contribution in [0, 0.1) is 0 Å². The first-order valence-electron chi connectivity index (χ1n) is 5.58. The van der Waals surface area contributed by atoms with E-state index in [1.807, 2.05) is 0 Å². The quantitative estimate of drug-likeness (QED) is 0.901. The van der Waals surface area contributed by atoms with Crippen LogP contribution in [0.4, 0.5) is 0 Å². The maximum atomic E-state index is 12.1. The van der Waals surface area contributed by atoms with Gasteiger partial charge >= 0.3 is 0 Å². The van der Waals surface area contributed by atoms with E-state index >= 15 is 0 Å². The molecule has 2 aromatic carbocycles. The number of sulfonamides is 1. The van der Waals surface area contributed by atoms with Gasteiger partial charge in [0.15, 0.2) is 0 Å². The molecule has 0 aliphatic rings. The molecule has 0 amide bonds. The van der Waals surface area contributed by atoms with Gasteiger partial charge in [-0.3, -0.25) is 0 Å². The number of halogens is 3. The van der Waals surface area contributed by atoms with E-state index in [4.69, 9.17) is 34.8 Å².